The molecule has 2 heterocycles. The molecule has 0 saturated carbocycles. The number of oxazole rings is 1. The lowest BCUT2D eigenvalue weighted by molar-refractivity contribution is 0.106. The third-order valence-electron chi connectivity index (χ3n) is 3.73. The quantitative estimate of drug-likeness (QED) is 0.519. The number of anilines is 1. The standard InChI is InChI=1S/C16H10F2N4O5S/c17-13(18)15-20-14(21-27-15)8-1-3-9(4-2-8)22-28(24,25)10-5-6-11-12(7-10)26-16(23)19-11/h1-7,13,22H,(H,19,23). The molecule has 0 amide bonds. The van der Waals surface area contributed by atoms with Crippen LogP contribution in [0.2, 0.25) is 0 Å². The van der Waals surface area contributed by atoms with Crippen molar-refractivity contribution in [3.63, 3.8) is 0 Å². The first kappa shape index (κ1) is 17.9. The summed E-state index contributed by atoms with van der Waals surface area (Å²) in [4.78, 5) is 17.0. The fraction of sp³-hybridized carbons (Fsp3) is 0.0625. The second-order valence-corrected chi connectivity index (χ2v) is 7.29. The maximum atomic E-state index is 12.5. The summed E-state index contributed by atoms with van der Waals surface area (Å²) in [6, 6.07) is 9.68. The fourth-order valence-electron chi connectivity index (χ4n) is 2.44. The molecule has 2 aromatic heterocycles. The highest BCUT2D eigenvalue weighted by Gasteiger charge is 2.18. The van der Waals surface area contributed by atoms with E-state index in [4.69, 9.17) is 4.42 Å². The summed E-state index contributed by atoms with van der Waals surface area (Å²) >= 11 is 0. The molecule has 9 nitrogen and oxygen atoms in total. The number of rotatable bonds is 5. The number of aromatic amines is 1. The van der Waals surface area contributed by atoms with E-state index < -0.39 is 28.1 Å². The van der Waals surface area contributed by atoms with Gasteiger partial charge in [0.25, 0.3) is 15.9 Å². The van der Waals surface area contributed by atoms with Gasteiger partial charge < -0.3 is 8.94 Å². The van der Waals surface area contributed by atoms with Gasteiger partial charge in [-0.2, -0.15) is 13.8 Å². The zero-order chi connectivity index (χ0) is 19.9. The Kier molecular flexibility index (Phi) is 4.19. The fourth-order valence-corrected chi connectivity index (χ4v) is 3.51. The van der Waals surface area contributed by atoms with Crippen molar-refractivity contribution in [3.8, 4) is 11.4 Å². The minimum absolute atomic E-state index is 0.0438. The molecule has 0 saturated heterocycles. The van der Waals surface area contributed by atoms with Gasteiger partial charge in [-0.3, -0.25) is 9.71 Å². The molecule has 4 rings (SSSR count). The molecule has 0 unspecified atom stereocenters. The van der Waals surface area contributed by atoms with Crippen LogP contribution in [0.5, 0.6) is 0 Å². The highest BCUT2D eigenvalue weighted by Crippen LogP contribution is 2.24. The summed E-state index contributed by atoms with van der Waals surface area (Å²) in [6.45, 7) is 0. The number of H-pyrrole nitrogens is 1. The molecule has 0 spiro atoms. The Morgan fingerprint density at radius 1 is 1.11 bits per heavy atom. The highest BCUT2D eigenvalue weighted by molar-refractivity contribution is 7.92. The summed E-state index contributed by atoms with van der Waals surface area (Å²) in [7, 11) is -3.96. The maximum absolute atomic E-state index is 12.5. The van der Waals surface area contributed by atoms with Gasteiger partial charge in [-0.1, -0.05) is 5.16 Å². The molecule has 0 atom stereocenters. The van der Waals surface area contributed by atoms with Crippen LogP contribution in [-0.4, -0.2) is 23.5 Å². The maximum Gasteiger partial charge on any atom is 0.417 e. The Hall–Kier alpha value is -3.54. The van der Waals surface area contributed by atoms with Crippen molar-refractivity contribution in [1.29, 1.82) is 0 Å². The number of nitrogens with zero attached hydrogens (tertiary/aromatic N) is 2. The molecule has 12 heteroatoms. The molecular formula is C16H10F2N4O5S. The second-order valence-electron chi connectivity index (χ2n) is 5.61. The molecule has 28 heavy (non-hydrogen) atoms. The van der Waals surface area contributed by atoms with Gasteiger partial charge in [0.1, 0.15) is 0 Å². The number of nitrogens with one attached hydrogen (secondary N) is 2. The van der Waals surface area contributed by atoms with E-state index in [9.17, 15) is 22.0 Å². The van der Waals surface area contributed by atoms with Gasteiger partial charge in [-0.25, -0.2) is 13.2 Å². The van der Waals surface area contributed by atoms with Crippen molar-refractivity contribution in [1.82, 2.24) is 15.1 Å². The molecule has 144 valence electrons. The number of alkyl halides is 2. The first-order valence-corrected chi connectivity index (χ1v) is 9.18. The Morgan fingerprint density at radius 3 is 2.54 bits per heavy atom. The lowest BCUT2D eigenvalue weighted by Crippen LogP contribution is -2.12. The summed E-state index contributed by atoms with van der Waals surface area (Å²) in [5, 5.41) is 3.45. The zero-order valence-corrected chi connectivity index (χ0v) is 14.5. The Balaban J connectivity index is 1.57. The zero-order valence-electron chi connectivity index (χ0n) is 13.7. The number of aromatic nitrogens is 3. The van der Waals surface area contributed by atoms with Crippen LogP contribution in [0.25, 0.3) is 22.5 Å². The van der Waals surface area contributed by atoms with Crippen LogP contribution in [-0.2, 0) is 10.0 Å². The molecule has 4 aromatic rings. The first-order valence-electron chi connectivity index (χ1n) is 7.70. The average molecular weight is 408 g/mol. The van der Waals surface area contributed by atoms with Gasteiger partial charge in [0.05, 0.1) is 10.4 Å². The number of fused-ring (bicyclic) bond motifs is 1. The number of sulfonamides is 1. The van der Waals surface area contributed by atoms with Crippen LogP contribution in [0, 0.1) is 0 Å². The molecule has 2 aromatic carbocycles. The lowest BCUT2D eigenvalue weighted by atomic mass is 10.2. The lowest BCUT2D eigenvalue weighted by Gasteiger charge is -2.08. The van der Waals surface area contributed by atoms with Gasteiger partial charge in [-0.15, -0.1) is 0 Å². The van der Waals surface area contributed by atoms with Crippen LogP contribution in [0.15, 0.2) is 61.1 Å². The molecule has 0 aliphatic rings. The minimum Gasteiger partial charge on any atom is -0.408 e. The van der Waals surface area contributed by atoms with Gasteiger partial charge in [0.15, 0.2) is 5.58 Å². The van der Waals surface area contributed by atoms with Gasteiger partial charge in [-0.05, 0) is 36.4 Å². The van der Waals surface area contributed by atoms with E-state index in [1.165, 1.54) is 42.5 Å². The average Bonchev–Trinajstić information content (AvgIpc) is 3.27. The number of halogens is 2. The van der Waals surface area contributed by atoms with Crippen molar-refractivity contribution in [2.75, 3.05) is 4.72 Å². The Morgan fingerprint density at radius 2 is 1.86 bits per heavy atom. The van der Waals surface area contributed by atoms with Crippen LogP contribution in [0.4, 0.5) is 14.5 Å². The van der Waals surface area contributed by atoms with Crippen LogP contribution in [0.3, 0.4) is 0 Å². The third kappa shape index (κ3) is 3.36. The number of hydrogen-bond donors (Lipinski definition) is 2. The summed E-state index contributed by atoms with van der Waals surface area (Å²) in [5.41, 5.74) is 1.07. The number of hydrogen-bond acceptors (Lipinski definition) is 7. The largest absolute Gasteiger partial charge is 0.417 e. The van der Waals surface area contributed by atoms with Crippen molar-refractivity contribution < 1.29 is 26.1 Å². The van der Waals surface area contributed by atoms with E-state index in [-0.39, 0.29) is 22.0 Å². The van der Waals surface area contributed by atoms with E-state index >= 15 is 0 Å². The summed E-state index contributed by atoms with van der Waals surface area (Å²) in [5.74, 6) is -1.53. The molecular weight excluding hydrogens is 398 g/mol. The van der Waals surface area contributed by atoms with E-state index in [0.29, 0.717) is 11.1 Å². The smallest absolute Gasteiger partial charge is 0.408 e. The number of benzene rings is 2. The van der Waals surface area contributed by atoms with Crippen molar-refractivity contribution in [2.24, 2.45) is 0 Å². The van der Waals surface area contributed by atoms with E-state index in [0.717, 1.165) is 0 Å². The van der Waals surface area contributed by atoms with E-state index in [2.05, 4.69) is 24.4 Å². The van der Waals surface area contributed by atoms with Gasteiger partial charge in [0.2, 0.25) is 5.82 Å². The summed E-state index contributed by atoms with van der Waals surface area (Å²) < 4.78 is 61.7. The third-order valence-corrected chi connectivity index (χ3v) is 5.11. The SMILES string of the molecule is O=c1[nH]c2ccc(S(=O)(=O)Nc3ccc(-c4noc(C(F)F)n4)cc3)cc2o1. The minimum atomic E-state index is -3.96. The Labute approximate surface area is 155 Å². The van der Waals surface area contributed by atoms with Crippen molar-refractivity contribution in [3.05, 3.63) is 58.9 Å². The summed E-state index contributed by atoms with van der Waals surface area (Å²) in [6.07, 6.45) is -2.88. The van der Waals surface area contributed by atoms with Crippen LogP contribution in [0.1, 0.15) is 12.3 Å². The predicted molar refractivity (Wildman–Crippen MR) is 92.3 cm³/mol. The highest BCUT2D eigenvalue weighted by atomic mass is 32.2. The normalized spacial score (nSPS) is 12.0. The predicted octanol–water partition coefficient (Wildman–Crippen LogP) is 2.91. The molecule has 0 radical (unpaired) electrons. The molecule has 0 bridgehead atoms. The molecule has 2 N–H and O–H groups in total. The molecule has 0 fully saturated rings. The van der Waals surface area contributed by atoms with Crippen molar-refractivity contribution >= 4 is 26.8 Å². The first-order chi connectivity index (χ1) is 13.3. The van der Waals surface area contributed by atoms with Crippen LogP contribution < -0.4 is 10.5 Å². The monoisotopic (exact) mass is 408 g/mol. The Bertz CT molecular complexity index is 1310. The van der Waals surface area contributed by atoms with Gasteiger partial charge >= 0.3 is 12.2 Å². The molecule has 0 aliphatic heterocycles. The van der Waals surface area contributed by atoms with E-state index in [1.54, 1.807) is 0 Å². The van der Waals surface area contributed by atoms with E-state index in [1.807, 2.05) is 0 Å². The van der Waals surface area contributed by atoms with Crippen LogP contribution >= 0.6 is 0 Å². The van der Waals surface area contributed by atoms with Gasteiger partial charge in [0, 0.05) is 17.3 Å². The molecule has 0 aliphatic carbocycles. The second kappa shape index (κ2) is 6.56. The van der Waals surface area contributed by atoms with Crippen molar-refractivity contribution in [2.45, 2.75) is 11.3 Å². The topological polar surface area (TPSA) is 131 Å².